The molecule has 1 aliphatic rings. The maximum Gasteiger partial charge on any atom is 0.160 e. The molecule has 5 heteroatoms. The standard InChI is InChI=1S/C49H31N5/c50-46-40(28-41-45(47(46)51)39-16-8-9-17-42(39)52-48(41)34-12-2-1-3-13-34)32-20-22-33(23-21-32)43-29-44(37-24-18-30-10-4-6-14-35(30)26-37)54-49(53-43)38-25-19-31-11-5-7-15-36(31)27-38/h1-29,50-51H. The largest absolute Gasteiger partial charge is 0.298 e. The summed E-state index contributed by atoms with van der Waals surface area (Å²) in [4.78, 5) is 15.3. The monoisotopic (exact) mass is 689 g/mol. The lowest BCUT2D eigenvalue weighted by Gasteiger charge is -2.23. The molecule has 54 heavy (non-hydrogen) atoms. The number of benzene rings is 7. The first-order valence-electron chi connectivity index (χ1n) is 17.9. The van der Waals surface area contributed by atoms with Gasteiger partial charge in [0.2, 0.25) is 0 Å². The van der Waals surface area contributed by atoms with E-state index >= 15 is 0 Å². The number of nitrogens with zero attached hydrogens (tertiary/aromatic N) is 3. The molecule has 0 saturated heterocycles. The number of allylic oxidation sites excluding steroid dienone is 1. The highest BCUT2D eigenvalue weighted by molar-refractivity contribution is 6.64. The second-order valence-corrected chi connectivity index (χ2v) is 13.6. The van der Waals surface area contributed by atoms with Crippen molar-refractivity contribution in [2.24, 2.45) is 0 Å². The molecule has 0 amide bonds. The molecule has 252 valence electrons. The van der Waals surface area contributed by atoms with E-state index in [-0.39, 0.29) is 11.4 Å². The van der Waals surface area contributed by atoms with Gasteiger partial charge in [-0.1, -0.05) is 146 Å². The predicted octanol–water partition coefficient (Wildman–Crippen LogP) is 11.9. The van der Waals surface area contributed by atoms with Crippen LogP contribution in [0.4, 0.5) is 0 Å². The minimum atomic E-state index is 0.185. The number of aromatic nitrogens is 3. The topological polar surface area (TPSA) is 86.4 Å². The average Bonchev–Trinajstić information content (AvgIpc) is 3.24. The molecule has 0 bridgehead atoms. The summed E-state index contributed by atoms with van der Waals surface area (Å²) in [5.41, 5.74) is 10.6. The van der Waals surface area contributed by atoms with Gasteiger partial charge in [0.1, 0.15) is 0 Å². The number of hydrogen-bond donors (Lipinski definition) is 2. The summed E-state index contributed by atoms with van der Waals surface area (Å²) in [5, 5.41) is 24.0. The van der Waals surface area contributed by atoms with Crippen LogP contribution in [0, 0.1) is 10.8 Å². The van der Waals surface area contributed by atoms with Gasteiger partial charge in [-0.05, 0) is 57.4 Å². The Hall–Kier alpha value is -7.37. The van der Waals surface area contributed by atoms with E-state index < -0.39 is 0 Å². The summed E-state index contributed by atoms with van der Waals surface area (Å²) < 4.78 is 0. The normalized spacial score (nSPS) is 12.6. The second kappa shape index (κ2) is 12.7. The molecule has 0 spiro atoms. The molecule has 0 fully saturated rings. The van der Waals surface area contributed by atoms with Crippen molar-refractivity contribution in [2.75, 3.05) is 0 Å². The average molecular weight is 690 g/mol. The summed E-state index contributed by atoms with van der Waals surface area (Å²) >= 11 is 0. The van der Waals surface area contributed by atoms with Crippen molar-refractivity contribution in [3.8, 4) is 45.2 Å². The zero-order valence-corrected chi connectivity index (χ0v) is 29.1. The molecule has 0 saturated carbocycles. The molecule has 7 aromatic carbocycles. The number of hydrogen-bond acceptors (Lipinski definition) is 5. The fourth-order valence-electron chi connectivity index (χ4n) is 7.53. The van der Waals surface area contributed by atoms with E-state index in [1.165, 1.54) is 10.8 Å². The fourth-order valence-corrected chi connectivity index (χ4v) is 7.53. The van der Waals surface area contributed by atoms with Crippen molar-refractivity contribution in [3.05, 3.63) is 187 Å². The van der Waals surface area contributed by atoms with Crippen molar-refractivity contribution in [3.63, 3.8) is 0 Å². The molecular weight excluding hydrogens is 659 g/mol. The van der Waals surface area contributed by atoms with E-state index in [1.54, 1.807) is 0 Å². The van der Waals surface area contributed by atoms with E-state index in [0.29, 0.717) is 11.4 Å². The Kier molecular flexibility index (Phi) is 7.37. The van der Waals surface area contributed by atoms with Crippen LogP contribution in [0.1, 0.15) is 16.7 Å². The smallest absolute Gasteiger partial charge is 0.160 e. The van der Waals surface area contributed by atoms with Crippen LogP contribution < -0.4 is 0 Å². The van der Waals surface area contributed by atoms with Crippen molar-refractivity contribution in [1.82, 2.24) is 15.0 Å². The highest BCUT2D eigenvalue weighted by Crippen LogP contribution is 2.38. The molecule has 10 rings (SSSR count). The number of rotatable bonds is 5. The summed E-state index contributed by atoms with van der Waals surface area (Å²) in [7, 11) is 0. The lowest BCUT2D eigenvalue weighted by Crippen LogP contribution is -2.21. The quantitative estimate of drug-likeness (QED) is 0.189. The fraction of sp³-hybridized carbons (Fsp3) is 0. The number of nitrogens with one attached hydrogen (secondary N) is 2. The maximum absolute atomic E-state index is 9.28. The van der Waals surface area contributed by atoms with Gasteiger partial charge in [-0.3, -0.25) is 10.8 Å². The molecule has 2 N–H and O–H groups in total. The molecule has 0 unspecified atom stereocenters. The van der Waals surface area contributed by atoms with Gasteiger partial charge in [-0.2, -0.15) is 0 Å². The molecule has 0 atom stereocenters. The van der Waals surface area contributed by atoms with E-state index in [9.17, 15) is 10.8 Å². The third-order valence-electron chi connectivity index (χ3n) is 10.3. The van der Waals surface area contributed by atoms with Gasteiger partial charge in [0.15, 0.2) is 5.82 Å². The Morgan fingerprint density at radius 1 is 0.389 bits per heavy atom. The van der Waals surface area contributed by atoms with Crippen LogP contribution >= 0.6 is 0 Å². The zero-order valence-electron chi connectivity index (χ0n) is 29.1. The maximum atomic E-state index is 9.28. The summed E-state index contributed by atoms with van der Waals surface area (Å²) in [6.07, 6.45) is 2.03. The first kappa shape index (κ1) is 31.4. The Bertz CT molecular complexity index is 2920. The van der Waals surface area contributed by atoms with Gasteiger partial charge in [0.25, 0.3) is 0 Å². The van der Waals surface area contributed by atoms with Crippen LogP contribution in [-0.2, 0) is 0 Å². The first-order valence-corrected chi connectivity index (χ1v) is 17.9. The van der Waals surface area contributed by atoms with Crippen molar-refractivity contribution in [1.29, 1.82) is 10.8 Å². The van der Waals surface area contributed by atoms with Gasteiger partial charge in [0.05, 0.1) is 34.0 Å². The Morgan fingerprint density at radius 3 is 1.67 bits per heavy atom. The molecule has 0 aliphatic heterocycles. The van der Waals surface area contributed by atoms with E-state index in [4.69, 9.17) is 15.0 Å². The van der Waals surface area contributed by atoms with Crippen molar-refractivity contribution in [2.45, 2.75) is 0 Å². The molecule has 0 radical (unpaired) electrons. The van der Waals surface area contributed by atoms with Crippen LogP contribution in [0.5, 0.6) is 0 Å². The minimum absolute atomic E-state index is 0.185. The molecule has 9 aromatic rings. The highest BCUT2D eigenvalue weighted by Gasteiger charge is 2.28. The van der Waals surface area contributed by atoms with Gasteiger partial charge in [0, 0.05) is 44.3 Å². The molecular formula is C49H31N5. The van der Waals surface area contributed by atoms with Gasteiger partial charge >= 0.3 is 0 Å². The van der Waals surface area contributed by atoms with Crippen LogP contribution in [0.25, 0.3) is 89.3 Å². The van der Waals surface area contributed by atoms with E-state index in [2.05, 4.69) is 91.0 Å². The van der Waals surface area contributed by atoms with Gasteiger partial charge in [-0.25, -0.2) is 15.0 Å². The molecule has 2 aromatic heterocycles. The summed E-state index contributed by atoms with van der Waals surface area (Å²) in [5.74, 6) is 0.653. The SMILES string of the molecule is N=C1C(=N)c2c(c(-c3ccccc3)nc3ccccc23)C=C1c1ccc(-c2cc(-c3ccc4ccccc4c3)nc(-c3ccc4ccccc4c3)n2)cc1. The Labute approximate surface area is 312 Å². The first-order chi connectivity index (χ1) is 26.6. The number of pyridine rings is 1. The number of para-hydroxylation sites is 1. The molecule has 5 nitrogen and oxygen atoms in total. The zero-order chi connectivity index (χ0) is 36.2. The van der Waals surface area contributed by atoms with Gasteiger partial charge in [-0.15, -0.1) is 0 Å². The van der Waals surface area contributed by atoms with Crippen molar-refractivity contribution < 1.29 is 0 Å². The lowest BCUT2D eigenvalue weighted by atomic mass is 9.82. The lowest BCUT2D eigenvalue weighted by molar-refractivity contribution is 1.18. The van der Waals surface area contributed by atoms with Crippen molar-refractivity contribution >= 4 is 55.5 Å². The van der Waals surface area contributed by atoms with Crippen LogP contribution in [0.2, 0.25) is 0 Å². The van der Waals surface area contributed by atoms with E-state index in [1.807, 2.05) is 84.9 Å². The molecule has 1 aliphatic carbocycles. The van der Waals surface area contributed by atoms with Crippen LogP contribution in [0.15, 0.2) is 170 Å². The van der Waals surface area contributed by atoms with Crippen LogP contribution in [0.3, 0.4) is 0 Å². The third kappa shape index (κ3) is 5.38. The minimum Gasteiger partial charge on any atom is -0.298 e. The van der Waals surface area contributed by atoms with Crippen LogP contribution in [-0.4, -0.2) is 26.4 Å². The van der Waals surface area contributed by atoms with Gasteiger partial charge < -0.3 is 0 Å². The number of fused-ring (bicyclic) bond motifs is 5. The summed E-state index contributed by atoms with van der Waals surface area (Å²) in [6, 6.07) is 57.7. The second-order valence-electron chi connectivity index (χ2n) is 13.6. The summed E-state index contributed by atoms with van der Waals surface area (Å²) in [6.45, 7) is 0. The van der Waals surface area contributed by atoms with E-state index in [0.717, 1.165) is 77.7 Å². The third-order valence-corrected chi connectivity index (χ3v) is 10.3. The predicted molar refractivity (Wildman–Crippen MR) is 223 cm³/mol. The Balaban J connectivity index is 1.10. The highest BCUT2D eigenvalue weighted by atomic mass is 14.9. The molecule has 2 heterocycles. The Morgan fingerprint density at radius 2 is 0.944 bits per heavy atom.